The van der Waals surface area contributed by atoms with Crippen LogP contribution in [0.3, 0.4) is 0 Å². The molecule has 0 saturated heterocycles. The summed E-state index contributed by atoms with van der Waals surface area (Å²) in [7, 11) is 1.64. The van der Waals surface area contributed by atoms with Crippen molar-refractivity contribution in [3.05, 3.63) is 52.9 Å². The summed E-state index contributed by atoms with van der Waals surface area (Å²) in [6, 6.07) is 9.57. The second kappa shape index (κ2) is 8.49. The number of urea groups is 1. The highest BCUT2D eigenvalue weighted by Crippen LogP contribution is 2.15. The van der Waals surface area contributed by atoms with Crippen molar-refractivity contribution in [3.63, 3.8) is 0 Å². The number of aryl methyl sites for hydroxylation is 2. The lowest BCUT2D eigenvalue weighted by Gasteiger charge is -2.18. The van der Waals surface area contributed by atoms with Gasteiger partial charge in [-0.3, -0.25) is 0 Å². The average Bonchev–Trinajstić information content (AvgIpc) is 2.88. The molecule has 2 amide bonds. The molecular formula is C18H25N3O3. The highest BCUT2D eigenvalue weighted by atomic mass is 16.5. The van der Waals surface area contributed by atoms with Gasteiger partial charge in [0.1, 0.15) is 5.76 Å². The Balaban J connectivity index is 1.82. The summed E-state index contributed by atoms with van der Waals surface area (Å²) in [4.78, 5) is 12.1. The predicted octanol–water partition coefficient (Wildman–Crippen LogP) is 2.91. The second-order valence-electron chi connectivity index (χ2n) is 5.90. The molecule has 2 N–H and O–H groups in total. The Morgan fingerprint density at radius 1 is 1.29 bits per heavy atom. The molecule has 6 heteroatoms. The zero-order valence-corrected chi connectivity index (χ0v) is 14.6. The smallest absolute Gasteiger partial charge is 0.315 e. The van der Waals surface area contributed by atoms with Crippen LogP contribution in [0.15, 0.2) is 34.9 Å². The minimum absolute atomic E-state index is 0.0282. The van der Waals surface area contributed by atoms with Gasteiger partial charge in [-0.1, -0.05) is 35.5 Å². The molecule has 0 aliphatic heterocycles. The largest absolute Gasteiger partial charge is 0.375 e. The first-order chi connectivity index (χ1) is 11.5. The number of benzene rings is 1. The number of carbonyl (C=O) groups is 1. The van der Waals surface area contributed by atoms with Gasteiger partial charge in [0.15, 0.2) is 0 Å². The molecule has 2 atom stereocenters. The molecule has 2 aromatic rings. The molecule has 0 radical (unpaired) electrons. The van der Waals surface area contributed by atoms with Gasteiger partial charge in [0.05, 0.1) is 11.8 Å². The molecule has 0 bridgehead atoms. The molecule has 2 rings (SSSR count). The Morgan fingerprint density at radius 3 is 2.58 bits per heavy atom. The molecule has 0 aliphatic rings. The third-order valence-corrected chi connectivity index (χ3v) is 3.97. The monoisotopic (exact) mass is 331 g/mol. The first-order valence-electron chi connectivity index (χ1n) is 8.05. The van der Waals surface area contributed by atoms with Crippen LogP contribution in [-0.4, -0.2) is 30.9 Å². The lowest BCUT2D eigenvalue weighted by molar-refractivity contribution is 0.104. The minimum atomic E-state index is -0.216. The number of nitrogens with one attached hydrogen (secondary N) is 2. The summed E-state index contributed by atoms with van der Waals surface area (Å²) in [6.07, 6.45) is 0.510. The Hall–Kier alpha value is -2.34. The van der Waals surface area contributed by atoms with Gasteiger partial charge in [-0.25, -0.2) is 4.79 Å². The van der Waals surface area contributed by atoms with E-state index in [9.17, 15) is 4.79 Å². The summed E-state index contributed by atoms with van der Waals surface area (Å²) < 4.78 is 10.6. The van der Waals surface area contributed by atoms with E-state index in [1.54, 1.807) is 7.11 Å². The van der Waals surface area contributed by atoms with Gasteiger partial charge in [-0.2, -0.15) is 0 Å². The summed E-state index contributed by atoms with van der Waals surface area (Å²) >= 11 is 0. The van der Waals surface area contributed by atoms with Crippen LogP contribution in [-0.2, 0) is 11.2 Å². The quantitative estimate of drug-likeness (QED) is 0.818. The van der Waals surface area contributed by atoms with Crippen molar-refractivity contribution in [2.24, 2.45) is 0 Å². The highest BCUT2D eigenvalue weighted by Gasteiger charge is 2.16. The van der Waals surface area contributed by atoms with E-state index in [0.717, 1.165) is 22.6 Å². The number of ether oxygens (including phenoxy) is 1. The molecule has 1 heterocycles. The van der Waals surface area contributed by atoms with Crippen molar-refractivity contribution in [2.45, 2.75) is 39.3 Å². The number of aromatic nitrogens is 1. The third-order valence-electron chi connectivity index (χ3n) is 3.97. The summed E-state index contributed by atoms with van der Waals surface area (Å²) in [6.45, 7) is 6.15. The molecule has 24 heavy (non-hydrogen) atoms. The number of rotatable bonds is 7. The number of carbonyl (C=O) groups excluding carboxylic acids is 1. The van der Waals surface area contributed by atoms with Crippen LogP contribution >= 0.6 is 0 Å². The van der Waals surface area contributed by atoms with E-state index < -0.39 is 0 Å². The van der Waals surface area contributed by atoms with E-state index in [4.69, 9.17) is 9.26 Å². The van der Waals surface area contributed by atoms with Crippen LogP contribution in [0.5, 0.6) is 0 Å². The highest BCUT2D eigenvalue weighted by molar-refractivity contribution is 5.74. The molecule has 6 nitrogen and oxygen atoms in total. The zero-order valence-electron chi connectivity index (χ0n) is 14.6. The van der Waals surface area contributed by atoms with E-state index in [2.05, 4.69) is 15.8 Å². The zero-order chi connectivity index (χ0) is 17.5. The maximum absolute atomic E-state index is 12.1. The van der Waals surface area contributed by atoms with Crippen LogP contribution < -0.4 is 10.6 Å². The molecule has 1 aromatic carbocycles. The Labute approximate surface area is 142 Å². The average molecular weight is 331 g/mol. The van der Waals surface area contributed by atoms with E-state index in [1.807, 2.05) is 51.1 Å². The topological polar surface area (TPSA) is 76.4 Å². The fraction of sp³-hybridized carbons (Fsp3) is 0.444. The molecule has 1 aromatic heterocycles. The van der Waals surface area contributed by atoms with Crippen molar-refractivity contribution in [2.75, 3.05) is 13.7 Å². The molecule has 2 unspecified atom stereocenters. The van der Waals surface area contributed by atoms with E-state index >= 15 is 0 Å². The molecule has 0 fully saturated rings. The van der Waals surface area contributed by atoms with E-state index in [0.29, 0.717) is 13.0 Å². The molecule has 130 valence electrons. The maximum Gasteiger partial charge on any atom is 0.315 e. The number of amides is 2. The first-order valence-corrected chi connectivity index (χ1v) is 8.05. The van der Waals surface area contributed by atoms with Crippen LogP contribution in [0.1, 0.15) is 35.6 Å². The number of hydrogen-bond donors (Lipinski definition) is 2. The van der Waals surface area contributed by atoms with Crippen molar-refractivity contribution >= 4 is 6.03 Å². The molecule has 0 saturated carbocycles. The molecule has 0 spiro atoms. The van der Waals surface area contributed by atoms with Gasteiger partial charge in [0.25, 0.3) is 0 Å². The lowest BCUT2D eigenvalue weighted by atomic mass is 10.1. The van der Waals surface area contributed by atoms with Crippen molar-refractivity contribution < 1.29 is 14.1 Å². The number of nitrogens with zero attached hydrogens (tertiary/aromatic N) is 1. The van der Waals surface area contributed by atoms with Gasteiger partial charge in [-0.15, -0.1) is 0 Å². The SMILES string of the molecule is COC(CNC(=O)NC(C)Cc1c(C)noc1C)c1ccccc1. The van der Waals surface area contributed by atoms with E-state index in [1.165, 1.54) is 0 Å². The summed E-state index contributed by atoms with van der Waals surface area (Å²) in [5.41, 5.74) is 2.94. The standard InChI is InChI=1S/C18H25N3O3/c1-12(10-16-13(2)21-24-14(16)3)20-18(22)19-11-17(23-4)15-8-6-5-7-9-15/h5-9,12,17H,10-11H2,1-4H3,(H2,19,20,22). The number of hydrogen-bond acceptors (Lipinski definition) is 4. The summed E-state index contributed by atoms with van der Waals surface area (Å²) in [5, 5.41) is 9.72. The van der Waals surface area contributed by atoms with Crippen molar-refractivity contribution in [3.8, 4) is 0 Å². The van der Waals surface area contributed by atoms with Gasteiger partial charge in [0, 0.05) is 25.3 Å². The Kier molecular flexibility index (Phi) is 6.37. The van der Waals surface area contributed by atoms with Crippen molar-refractivity contribution in [1.29, 1.82) is 0 Å². The molecular weight excluding hydrogens is 306 g/mol. The maximum atomic E-state index is 12.1. The van der Waals surface area contributed by atoms with Crippen LogP contribution in [0.25, 0.3) is 0 Å². The Bertz CT molecular complexity index is 635. The fourth-order valence-corrected chi connectivity index (χ4v) is 2.62. The first kappa shape index (κ1) is 18.0. The van der Waals surface area contributed by atoms with Crippen molar-refractivity contribution in [1.82, 2.24) is 15.8 Å². The van der Waals surface area contributed by atoms with Crippen LogP contribution in [0, 0.1) is 13.8 Å². The van der Waals surface area contributed by atoms with Gasteiger partial charge >= 0.3 is 6.03 Å². The predicted molar refractivity (Wildman–Crippen MR) is 91.9 cm³/mol. The number of methoxy groups -OCH3 is 1. The fourth-order valence-electron chi connectivity index (χ4n) is 2.62. The van der Waals surface area contributed by atoms with Gasteiger partial charge in [-0.05, 0) is 32.8 Å². The second-order valence-corrected chi connectivity index (χ2v) is 5.90. The Morgan fingerprint density at radius 2 is 2.00 bits per heavy atom. The minimum Gasteiger partial charge on any atom is -0.375 e. The van der Waals surface area contributed by atoms with Gasteiger partial charge in [0.2, 0.25) is 0 Å². The third kappa shape index (κ3) is 4.83. The van der Waals surface area contributed by atoms with Gasteiger partial charge < -0.3 is 19.9 Å². The summed E-state index contributed by atoms with van der Waals surface area (Å²) in [5.74, 6) is 0.796. The van der Waals surface area contributed by atoms with Crippen LogP contribution in [0.4, 0.5) is 4.79 Å². The normalized spacial score (nSPS) is 13.3. The van der Waals surface area contributed by atoms with Crippen LogP contribution in [0.2, 0.25) is 0 Å². The molecule has 0 aliphatic carbocycles. The van der Waals surface area contributed by atoms with E-state index in [-0.39, 0.29) is 18.2 Å². The lowest BCUT2D eigenvalue weighted by Crippen LogP contribution is -2.43.